The van der Waals surface area contributed by atoms with Gasteiger partial charge >= 0.3 is 0 Å². The third kappa shape index (κ3) is 1.94. The first-order chi connectivity index (χ1) is 7.70. The van der Waals surface area contributed by atoms with Crippen molar-refractivity contribution in [2.75, 3.05) is 6.73 Å². The average molecular weight is 217 g/mol. The lowest BCUT2D eigenvalue weighted by atomic mass is 10.1. The monoisotopic (exact) mass is 217 g/mol. The number of carbonyl (C=O) groups excluding carboxylic acids is 1. The highest BCUT2D eigenvalue weighted by Crippen LogP contribution is 2.21. The van der Waals surface area contributed by atoms with Crippen molar-refractivity contribution in [2.45, 2.75) is 19.9 Å². The average Bonchev–Trinajstić information content (AvgIpc) is 2.30. The molecule has 0 bridgehead atoms. The molecule has 0 aliphatic carbocycles. The zero-order valence-electron chi connectivity index (χ0n) is 9.51. The van der Waals surface area contributed by atoms with Crippen molar-refractivity contribution in [3.63, 3.8) is 0 Å². The molecule has 3 heteroatoms. The topological polar surface area (TPSA) is 29.5 Å². The van der Waals surface area contributed by atoms with Gasteiger partial charge in [-0.25, -0.2) is 0 Å². The van der Waals surface area contributed by atoms with Gasteiger partial charge in [0, 0.05) is 6.04 Å². The quantitative estimate of drug-likeness (QED) is 0.760. The van der Waals surface area contributed by atoms with E-state index >= 15 is 0 Å². The normalized spacial score (nSPS) is 16.1. The molecule has 0 N–H and O–H groups in total. The van der Waals surface area contributed by atoms with Crippen molar-refractivity contribution in [1.82, 2.24) is 4.90 Å². The second kappa shape index (κ2) is 4.39. The van der Waals surface area contributed by atoms with Crippen LogP contribution in [0, 0.1) is 0 Å². The Morgan fingerprint density at radius 3 is 2.56 bits per heavy atom. The molecule has 0 atom stereocenters. The van der Waals surface area contributed by atoms with E-state index in [0.717, 1.165) is 5.56 Å². The molecule has 1 aliphatic rings. The van der Waals surface area contributed by atoms with Gasteiger partial charge in [-0.05, 0) is 19.4 Å². The highest BCUT2D eigenvalue weighted by atomic mass is 16.5. The third-order valence-corrected chi connectivity index (χ3v) is 2.61. The summed E-state index contributed by atoms with van der Waals surface area (Å²) in [5.74, 6) is 0.0347. The first-order valence-electron chi connectivity index (χ1n) is 5.38. The maximum atomic E-state index is 12.1. The number of nitrogens with zero attached hydrogens (tertiary/aromatic N) is 1. The van der Waals surface area contributed by atoms with E-state index in [-0.39, 0.29) is 11.9 Å². The number of hydrogen-bond donors (Lipinski definition) is 0. The van der Waals surface area contributed by atoms with Gasteiger partial charge in [-0.1, -0.05) is 30.3 Å². The smallest absolute Gasteiger partial charge is 0.260 e. The van der Waals surface area contributed by atoms with E-state index in [0.29, 0.717) is 12.3 Å². The van der Waals surface area contributed by atoms with Crippen LogP contribution >= 0.6 is 0 Å². The molecule has 2 rings (SSSR count). The Kier molecular flexibility index (Phi) is 2.95. The minimum Gasteiger partial charge on any atom is -0.480 e. The fourth-order valence-electron chi connectivity index (χ4n) is 1.66. The molecule has 16 heavy (non-hydrogen) atoms. The van der Waals surface area contributed by atoms with Crippen LogP contribution in [-0.4, -0.2) is 23.6 Å². The summed E-state index contributed by atoms with van der Waals surface area (Å²) in [6.45, 7) is 4.30. The van der Waals surface area contributed by atoms with Gasteiger partial charge in [-0.2, -0.15) is 0 Å². The zero-order valence-corrected chi connectivity index (χ0v) is 9.51. The van der Waals surface area contributed by atoms with Gasteiger partial charge in [0.15, 0.2) is 6.73 Å². The Labute approximate surface area is 95.3 Å². The second-order valence-corrected chi connectivity index (χ2v) is 4.06. The maximum Gasteiger partial charge on any atom is 0.260 e. The first-order valence-corrected chi connectivity index (χ1v) is 5.38. The van der Waals surface area contributed by atoms with Crippen LogP contribution in [0.1, 0.15) is 19.4 Å². The molecule has 0 radical (unpaired) electrons. The fraction of sp³-hybridized carbons (Fsp3) is 0.308. The molecule has 1 aliphatic heterocycles. The SMILES string of the molecule is CC(C)N1COC=C(c2ccccc2)C1=O. The van der Waals surface area contributed by atoms with Crippen molar-refractivity contribution in [3.8, 4) is 0 Å². The summed E-state index contributed by atoms with van der Waals surface area (Å²) in [5.41, 5.74) is 1.53. The molecule has 0 fully saturated rings. The Morgan fingerprint density at radius 1 is 1.25 bits per heavy atom. The van der Waals surface area contributed by atoms with Gasteiger partial charge in [-0.15, -0.1) is 0 Å². The number of hydrogen-bond acceptors (Lipinski definition) is 2. The van der Waals surface area contributed by atoms with Crippen LogP contribution in [0.3, 0.4) is 0 Å². The molecule has 0 saturated carbocycles. The number of carbonyl (C=O) groups is 1. The number of benzene rings is 1. The molecule has 1 amide bonds. The Bertz CT molecular complexity index is 409. The van der Waals surface area contributed by atoms with Crippen LogP contribution in [0.15, 0.2) is 36.6 Å². The third-order valence-electron chi connectivity index (χ3n) is 2.61. The van der Waals surface area contributed by atoms with Crippen LogP contribution in [0.4, 0.5) is 0 Å². The summed E-state index contributed by atoms with van der Waals surface area (Å²) in [4.78, 5) is 13.9. The van der Waals surface area contributed by atoms with E-state index in [4.69, 9.17) is 4.74 Å². The minimum absolute atomic E-state index is 0.0347. The van der Waals surface area contributed by atoms with Crippen LogP contribution < -0.4 is 0 Å². The molecule has 84 valence electrons. The molecule has 0 aromatic heterocycles. The van der Waals surface area contributed by atoms with E-state index in [2.05, 4.69) is 0 Å². The van der Waals surface area contributed by atoms with Crippen molar-refractivity contribution in [3.05, 3.63) is 42.2 Å². The molecule has 0 unspecified atom stereocenters. The lowest BCUT2D eigenvalue weighted by Gasteiger charge is -2.30. The predicted molar refractivity (Wildman–Crippen MR) is 62.4 cm³/mol. The lowest BCUT2D eigenvalue weighted by molar-refractivity contribution is -0.132. The van der Waals surface area contributed by atoms with Gasteiger partial charge < -0.3 is 9.64 Å². The van der Waals surface area contributed by atoms with Gasteiger partial charge in [0.2, 0.25) is 0 Å². The molecular weight excluding hydrogens is 202 g/mol. The highest BCUT2D eigenvalue weighted by molar-refractivity contribution is 6.19. The summed E-state index contributed by atoms with van der Waals surface area (Å²) in [5, 5.41) is 0. The van der Waals surface area contributed by atoms with Crippen LogP contribution in [0.25, 0.3) is 5.57 Å². The Balaban J connectivity index is 2.30. The first kappa shape index (κ1) is 10.7. The molecule has 1 heterocycles. The van der Waals surface area contributed by atoms with Crippen molar-refractivity contribution in [1.29, 1.82) is 0 Å². The Hall–Kier alpha value is -1.77. The standard InChI is InChI=1S/C13H15NO2/c1-10(2)14-9-16-8-12(13(14)15)11-6-4-3-5-7-11/h3-8,10H,9H2,1-2H3. The largest absolute Gasteiger partial charge is 0.480 e. The number of rotatable bonds is 2. The summed E-state index contributed by atoms with van der Waals surface area (Å²) in [6.07, 6.45) is 1.55. The lowest BCUT2D eigenvalue weighted by Crippen LogP contribution is -2.41. The van der Waals surface area contributed by atoms with E-state index in [1.807, 2.05) is 44.2 Å². The van der Waals surface area contributed by atoms with E-state index in [1.54, 1.807) is 11.2 Å². The predicted octanol–water partition coefficient (Wildman–Crippen LogP) is 2.25. The van der Waals surface area contributed by atoms with E-state index in [9.17, 15) is 4.79 Å². The summed E-state index contributed by atoms with van der Waals surface area (Å²) < 4.78 is 5.32. The second-order valence-electron chi connectivity index (χ2n) is 4.06. The molecular formula is C13H15NO2. The summed E-state index contributed by atoms with van der Waals surface area (Å²) in [7, 11) is 0. The zero-order chi connectivity index (χ0) is 11.5. The van der Waals surface area contributed by atoms with Gasteiger partial charge in [0.1, 0.15) is 0 Å². The van der Waals surface area contributed by atoms with Crippen molar-refractivity contribution in [2.24, 2.45) is 0 Å². The highest BCUT2D eigenvalue weighted by Gasteiger charge is 2.25. The van der Waals surface area contributed by atoms with E-state index in [1.165, 1.54) is 0 Å². The molecule has 1 aromatic rings. The fourth-order valence-corrected chi connectivity index (χ4v) is 1.66. The maximum absolute atomic E-state index is 12.1. The minimum atomic E-state index is 0.0347. The van der Waals surface area contributed by atoms with Crippen molar-refractivity contribution < 1.29 is 9.53 Å². The molecule has 3 nitrogen and oxygen atoms in total. The van der Waals surface area contributed by atoms with Gasteiger partial charge in [0.25, 0.3) is 5.91 Å². The molecule has 0 saturated heterocycles. The van der Waals surface area contributed by atoms with Crippen LogP contribution in [0.2, 0.25) is 0 Å². The van der Waals surface area contributed by atoms with Crippen molar-refractivity contribution >= 4 is 11.5 Å². The summed E-state index contributed by atoms with van der Waals surface area (Å²) in [6, 6.07) is 9.74. The molecule has 0 spiro atoms. The number of amides is 1. The number of ether oxygens (including phenoxy) is 1. The Morgan fingerprint density at radius 2 is 1.94 bits per heavy atom. The van der Waals surface area contributed by atoms with E-state index < -0.39 is 0 Å². The molecule has 1 aromatic carbocycles. The van der Waals surface area contributed by atoms with Gasteiger partial charge in [0.05, 0.1) is 11.8 Å². The van der Waals surface area contributed by atoms with Crippen LogP contribution in [-0.2, 0) is 9.53 Å². The van der Waals surface area contributed by atoms with Gasteiger partial charge in [-0.3, -0.25) is 4.79 Å². The van der Waals surface area contributed by atoms with Crippen LogP contribution in [0.5, 0.6) is 0 Å². The summed E-state index contributed by atoms with van der Waals surface area (Å²) >= 11 is 0.